The summed E-state index contributed by atoms with van der Waals surface area (Å²) in [6, 6.07) is 8.99. The van der Waals surface area contributed by atoms with Gasteiger partial charge in [-0.3, -0.25) is 10.2 Å². The molecule has 0 aliphatic rings. The van der Waals surface area contributed by atoms with Gasteiger partial charge in [0, 0.05) is 12.6 Å². The molecule has 0 spiro atoms. The lowest BCUT2D eigenvalue weighted by molar-refractivity contribution is 0.317. The number of nitrogens with zero attached hydrogens (tertiary/aromatic N) is 2. The molecule has 0 saturated heterocycles. The number of aryl methyl sites for hydroxylation is 1. The Bertz CT molecular complexity index is 722. The first-order valence-corrected chi connectivity index (χ1v) is 6.69. The molecule has 1 heterocycles. The third kappa shape index (κ3) is 3.28. The fraction of sp³-hybridized carbons (Fsp3) is 0.267. The quantitative estimate of drug-likeness (QED) is 0.643. The normalized spacial score (nSPS) is 10.4. The summed E-state index contributed by atoms with van der Waals surface area (Å²) in [5.41, 5.74) is 6.58. The molecule has 6 nitrogen and oxygen atoms in total. The van der Waals surface area contributed by atoms with Crippen molar-refractivity contribution in [1.29, 1.82) is 5.41 Å². The van der Waals surface area contributed by atoms with Gasteiger partial charge in [0.05, 0.1) is 17.9 Å². The fourth-order valence-corrected chi connectivity index (χ4v) is 1.91. The van der Waals surface area contributed by atoms with Crippen molar-refractivity contribution in [3.63, 3.8) is 0 Å². The SMILES string of the molecule is CCCOc1cccc(-c2cc(C(=N)N)c(=O)n(C)n2)c1. The fourth-order valence-electron chi connectivity index (χ4n) is 1.91. The molecule has 21 heavy (non-hydrogen) atoms. The van der Waals surface area contributed by atoms with Crippen LogP contribution in [-0.4, -0.2) is 22.2 Å². The zero-order chi connectivity index (χ0) is 15.4. The lowest BCUT2D eigenvalue weighted by atomic mass is 10.1. The highest BCUT2D eigenvalue weighted by atomic mass is 16.5. The highest BCUT2D eigenvalue weighted by Gasteiger charge is 2.10. The maximum Gasteiger partial charge on any atom is 0.277 e. The average Bonchev–Trinajstić information content (AvgIpc) is 2.47. The number of rotatable bonds is 5. The van der Waals surface area contributed by atoms with Crippen molar-refractivity contribution < 1.29 is 4.74 Å². The zero-order valence-corrected chi connectivity index (χ0v) is 12.1. The van der Waals surface area contributed by atoms with Gasteiger partial charge in [0.15, 0.2) is 0 Å². The third-order valence-electron chi connectivity index (χ3n) is 2.96. The number of amidine groups is 1. The Morgan fingerprint density at radius 1 is 1.43 bits per heavy atom. The predicted molar refractivity (Wildman–Crippen MR) is 81.7 cm³/mol. The summed E-state index contributed by atoms with van der Waals surface area (Å²) in [7, 11) is 1.54. The highest BCUT2D eigenvalue weighted by molar-refractivity contribution is 5.95. The molecule has 1 aromatic heterocycles. The van der Waals surface area contributed by atoms with Crippen LogP contribution in [0.2, 0.25) is 0 Å². The van der Waals surface area contributed by atoms with Crippen molar-refractivity contribution in [2.24, 2.45) is 12.8 Å². The van der Waals surface area contributed by atoms with Crippen LogP contribution in [0.3, 0.4) is 0 Å². The van der Waals surface area contributed by atoms with Gasteiger partial charge in [0.2, 0.25) is 0 Å². The number of hydrogen-bond acceptors (Lipinski definition) is 4. The molecule has 1 aromatic carbocycles. The molecule has 110 valence electrons. The Hall–Kier alpha value is -2.63. The summed E-state index contributed by atoms with van der Waals surface area (Å²) in [6.07, 6.45) is 0.927. The van der Waals surface area contributed by atoms with Crippen LogP contribution in [0.1, 0.15) is 18.9 Å². The van der Waals surface area contributed by atoms with E-state index in [0.717, 1.165) is 17.7 Å². The average molecular weight is 286 g/mol. The summed E-state index contributed by atoms with van der Waals surface area (Å²) in [5, 5.41) is 11.7. The van der Waals surface area contributed by atoms with E-state index in [4.69, 9.17) is 15.9 Å². The number of nitrogens with one attached hydrogen (secondary N) is 1. The van der Waals surface area contributed by atoms with E-state index in [9.17, 15) is 4.79 Å². The number of ether oxygens (including phenoxy) is 1. The van der Waals surface area contributed by atoms with Crippen LogP contribution < -0.4 is 16.0 Å². The van der Waals surface area contributed by atoms with E-state index < -0.39 is 0 Å². The molecule has 0 saturated carbocycles. The van der Waals surface area contributed by atoms with E-state index in [1.54, 1.807) is 0 Å². The van der Waals surface area contributed by atoms with Gasteiger partial charge in [-0.15, -0.1) is 0 Å². The van der Waals surface area contributed by atoms with Crippen molar-refractivity contribution in [2.75, 3.05) is 6.61 Å². The molecule has 3 N–H and O–H groups in total. The van der Waals surface area contributed by atoms with E-state index in [1.165, 1.54) is 17.8 Å². The van der Waals surface area contributed by atoms with E-state index in [-0.39, 0.29) is 17.0 Å². The maximum absolute atomic E-state index is 11.9. The van der Waals surface area contributed by atoms with Gasteiger partial charge in [0.25, 0.3) is 5.56 Å². The number of aromatic nitrogens is 2. The number of nitrogen functional groups attached to an aromatic ring is 1. The monoisotopic (exact) mass is 286 g/mol. The van der Waals surface area contributed by atoms with Gasteiger partial charge in [-0.25, -0.2) is 4.68 Å². The minimum atomic E-state index is -0.385. The predicted octanol–water partition coefficient (Wildman–Crippen LogP) is 1.52. The standard InChI is InChI=1S/C15H18N4O2/c1-3-7-21-11-6-4-5-10(8-11)13-9-12(14(16)17)15(20)19(2)18-13/h4-6,8-9H,3,7H2,1-2H3,(H3,16,17). The molecule has 2 aromatic rings. The topological polar surface area (TPSA) is 94.0 Å². The van der Waals surface area contributed by atoms with Crippen LogP contribution in [0.15, 0.2) is 35.1 Å². The molecule has 0 aliphatic carbocycles. The molecule has 2 rings (SSSR count). The molecule has 6 heteroatoms. The second-order valence-corrected chi connectivity index (χ2v) is 4.66. The van der Waals surface area contributed by atoms with Gasteiger partial charge in [-0.2, -0.15) is 5.10 Å². The Morgan fingerprint density at radius 3 is 2.86 bits per heavy atom. The Morgan fingerprint density at radius 2 is 2.19 bits per heavy atom. The molecular formula is C15H18N4O2. The van der Waals surface area contributed by atoms with E-state index in [0.29, 0.717) is 12.3 Å². The van der Waals surface area contributed by atoms with E-state index in [2.05, 4.69) is 5.10 Å². The van der Waals surface area contributed by atoms with Gasteiger partial charge in [-0.1, -0.05) is 19.1 Å². The summed E-state index contributed by atoms with van der Waals surface area (Å²) in [5.74, 6) is 0.479. The third-order valence-corrected chi connectivity index (χ3v) is 2.96. The van der Waals surface area contributed by atoms with Crippen LogP contribution in [0.25, 0.3) is 11.3 Å². The second-order valence-electron chi connectivity index (χ2n) is 4.66. The number of hydrogen-bond donors (Lipinski definition) is 2. The first-order valence-electron chi connectivity index (χ1n) is 6.69. The Kier molecular flexibility index (Phi) is 4.37. The van der Waals surface area contributed by atoms with Crippen LogP contribution in [0, 0.1) is 5.41 Å². The van der Waals surface area contributed by atoms with E-state index >= 15 is 0 Å². The van der Waals surface area contributed by atoms with Crippen LogP contribution >= 0.6 is 0 Å². The largest absolute Gasteiger partial charge is 0.494 e. The Labute approximate surface area is 122 Å². The molecule has 0 bridgehead atoms. The summed E-state index contributed by atoms with van der Waals surface area (Å²) < 4.78 is 6.77. The summed E-state index contributed by atoms with van der Waals surface area (Å²) in [6.45, 7) is 2.68. The highest BCUT2D eigenvalue weighted by Crippen LogP contribution is 2.22. The van der Waals surface area contributed by atoms with Crippen LogP contribution in [0.5, 0.6) is 5.75 Å². The van der Waals surface area contributed by atoms with Crippen molar-refractivity contribution in [3.8, 4) is 17.0 Å². The van der Waals surface area contributed by atoms with Crippen molar-refractivity contribution >= 4 is 5.84 Å². The molecule has 0 radical (unpaired) electrons. The van der Waals surface area contributed by atoms with Gasteiger partial charge >= 0.3 is 0 Å². The smallest absolute Gasteiger partial charge is 0.277 e. The van der Waals surface area contributed by atoms with Gasteiger partial charge < -0.3 is 10.5 Å². The maximum atomic E-state index is 11.9. The Balaban J connectivity index is 2.47. The number of nitrogens with two attached hydrogens (primary N) is 1. The van der Waals surface area contributed by atoms with Crippen molar-refractivity contribution in [2.45, 2.75) is 13.3 Å². The molecular weight excluding hydrogens is 268 g/mol. The lowest BCUT2D eigenvalue weighted by Gasteiger charge is -2.09. The lowest BCUT2D eigenvalue weighted by Crippen LogP contribution is -2.29. The minimum absolute atomic E-state index is 0.141. The van der Waals surface area contributed by atoms with Gasteiger partial charge in [0.1, 0.15) is 11.6 Å². The molecule has 0 fully saturated rings. The van der Waals surface area contributed by atoms with Crippen LogP contribution in [-0.2, 0) is 7.05 Å². The summed E-state index contributed by atoms with van der Waals surface area (Å²) >= 11 is 0. The van der Waals surface area contributed by atoms with Crippen LogP contribution in [0.4, 0.5) is 0 Å². The van der Waals surface area contributed by atoms with Crippen molar-refractivity contribution in [1.82, 2.24) is 9.78 Å². The van der Waals surface area contributed by atoms with Crippen molar-refractivity contribution in [3.05, 3.63) is 46.2 Å². The molecule has 0 amide bonds. The first kappa shape index (κ1) is 14.8. The summed E-state index contributed by atoms with van der Waals surface area (Å²) in [4.78, 5) is 11.9. The zero-order valence-electron chi connectivity index (χ0n) is 12.1. The first-order chi connectivity index (χ1) is 10.0. The van der Waals surface area contributed by atoms with Gasteiger partial charge in [-0.05, 0) is 24.6 Å². The minimum Gasteiger partial charge on any atom is -0.494 e. The van der Waals surface area contributed by atoms with E-state index in [1.807, 2.05) is 31.2 Å². The second kappa shape index (κ2) is 6.21. The molecule has 0 unspecified atom stereocenters. The number of benzene rings is 1. The molecule has 0 aliphatic heterocycles. The molecule has 0 atom stereocenters.